The fraction of sp³-hybridized carbons (Fsp3) is 0.333. The van der Waals surface area contributed by atoms with Gasteiger partial charge in [0.25, 0.3) is 5.69 Å². The van der Waals surface area contributed by atoms with Gasteiger partial charge in [0, 0.05) is 18.8 Å². The zero-order valence-corrected chi connectivity index (χ0v) is 15.9. The van der Waals surface area contributed by atoms with Gasteiger partial charge in [-0.15, -0.1) is 0 Å². The lowest BCUT2D eigenvalue weighted by atomic mass is 10.2. The first-order valence-electron chi connectivity index (χ1n) is 8.35. The average Bonchev–Trinajstić information content (AvgIpc) is 2.57. The number of pyridine rings is 1. The standard InChI is InChI=1S/C18H21FN4O5/c1-18(2,3)28-17(24)22-16-12(10-20-4)14(7-8-21-16)27-15-6-5-11(23(25)26)9-13(15)19/h5-9,20H,10H2,1-4H3,(H,21,22,24). The number of benzene rings is 1. The molecule has 1 aromatic heterocycles. The van der Waals surface area contributed by atoms with E-state index in [4.69, 9.17) is 9.47 Å². The minimum absolute atomic E-state index is 0.184. The van der Waals surface area contributed by atoms with E-state index in [1.54, 1.807) is 27.8 Å². The maximum absolute atomic E-state index is 14.2. The van der Waals surface area contributed by atoms with Crippen LogP contribution in [0.3, 0.4) is 0 Å². The number of carbonyl (C=O) groups is 1. The number of ether oxygens (including phenoxy) is 2. The van der Waals surface area contributed by atoms with E-state index in [9.17, 15) is 19.3 Å². The van der Waals surface area contributed by atoms with Crippen molar-refractivity contribution in [3.8, 4) is 11.5 Å². The molecule has 0 saturated heterocycles. The van der Waals surface area contributed by atoms with Gasteiger partial charge in [0.15, 0.2) is 11.6 Å². The molecule has 0 spiro atoms. The third-order valence-electron chi connectivity index (χ3n) is 3.33. The van der Waals surface area contributed by atoms with E-state index in [-0.39, 0.29) is 29.5 Å². The van der Waals surface area contributed by atoms with E-state index >= 15 is 0 Å². The molecule has 0 aliphatic heterocycles. The van der Waals surface area contributed by atoms with Crippen LogP contribution >= 0.6 is 0 Å². The van der Waals surface area contributed by atoms with Crippen molar-refractivity contribution in [1.82, 2.24) is 10.3 Å². The molecule has 28 heavy (non-hydrogen) atoms. The second-order valence-electron chi connectivity index (χ2n) is 6.77. The molecule has 0 radical (unpaired) electrons. The predicted molar refractivity (Wildman–Crippen MR) is 100.0 cm³/mol. The summed E-state index contributed by atoms with van der Waals surface area (Å²) < 4.78 is 25.0. The number of aromatic nitrogens is 1. The molecule has 1 amide bonds. The monoisotopic (exact) mass is 392 g/mol. The van der Waals surface area contributed by atoms with Crippen molar-refractivity contribution < 1.29 is 23.6 Å². The van der Waals surface area contributed by atoms with Gasteiger partial charge < -0.3 is 14.8 Å². The van der Waals surface area contributed by atoms with Crippen molar-refractivity contribution in [2.75, 3.05) is 12.4 Å². The minimum Gasteiger partial charge on any atom is -0.454 e. The van der Waals surface area contributed by atoms with Crippen LogP contribution in [-0.4, -0.2) is 28.6 Å². The van der Waals surface area contributed by atoms with E-state index in [2.05, 4.69) is 15.6 Å². The Kier molecular flexibility index (Phi) is 6.47. The molecule has 0 unspecified atom stereocenters. The molecule has 0 aliphatic carbocycles. The van der Waals surface area contributed by atoms with Crippen molar-refractivity contribution in [3.05, 3.63) is 52.0 Å². The van der Waals surface area contributed by atoms with Crippen LogP contribution < -0.4 is 15.4 Å². The fourth-order valence-corrected chi connectivity index (χ4v) is 2.23. The lowest BCUT2D eigenvalue weighted by Gasteiger charge is -2.20. The minimum atomic E-state index is -0.886. The molecular weight excluding hydrogens is 371 g/mol. The highest BCUT2D eigenvalue weighted by molar-refractivity contribution is 5.85. The molecule has 2 rings (SSSR count). The number of amides is 1. The highest BCUT2D eigenvalue weighted by Gasteiger charge is 2.20. The van der Waals surface area contributed by atoms with Gasteiger partial charge in [0.1, 0.15) is 17.2 Å². The number of hydrogen-bond acceptors (Lipinski definition) is 7. The van der Waals surface area contributed by atoms with Crippen molar-refractivity contribution >= 4 is 17.6 Å². The summed E-state index contributed by atoms with van der Waals surface area (Å²) in [5.41, 5.74) is -0.626. The third kappa shape index (κ3) is 5.61. The summed E-state index contributed by atoms with van der Waals surface area (Å²) in [6.07, 6.45) is 0.681. The van der Waals surface area contributed by atoms with Crippen LogP contribution in [0.5, 0.6) is 11.5 Å². The van der Waals surface area contributed by atoms with Crippen LogP contribution in [0.2, 0.25) is 0 Å². The van der Waals surface area contributed by atoms with E-state index < -0.39 is 22.4 Å². The number of nitrogens with zero attached hydrogens (tertiary/aromatic N) is 2. The highest BCUT2D eigenvalue weighted by atomic mass is 19.1. The SMILES string of the molecule is CNCc1c(Oc2ccc([N+](=O)[O-])cc2F)ccnc1NC(=O)OC(C)(C)C. The van der Waals surface area contributed by atoms with Crippen LogP contribution in [0, 0.1) is 15.9 Å². The summed E-state index contributed by atoms with van der Waals surface area (Å²) in [6, 6.07) is 4.57. The molecule has 0 saturated carbocycles. The van der Waals surface area contributed by atoms with E-state index in [1.165, 1.54) is 12.3 Å². The smallest absolute Gasteiger partial charge is 0.413 e. The highest BCUT2D eigenvalue weighted by Crippen LogP contribution is 2.32. The lowest BCUT2D eigenvalue weighted by Crippen LogP contribution is -2.28. The summed E-state index contributed by atoms with van der Waals surface area (Å²) in [5.74, 6) is -0.674. The Balaban J connectivity index is 2.32. The Morgan fingerprint density at radius 3 is 2.57 bits per heavy atom. The number of rotatable bonds is 6. The molecule has 10 heteroatoms. The normalized spacial score (nSPS) is 11.0. The number of hydrogen-bond donors (Lipinski definition) is 2. The second kappa shape index (κ2) is 8.61. The predicted octanol–water partition coefficient (Wildman–Crippen LogP) is 3.99. The number of carbonyl (C=O) groups excluding carboxylic acids is 1. The number of non-ortho nitro benzene ring substituents is 1. The molecule has 0 aliphatic rings. The van der Waals surface area contributed by atoms with Gasteiger partial charge in [-0.3, -0.25) is 15.4 Å². The topological polar surface area (TPSA) is 116 Å². The number of nitrogens with one attached hydrogen (secondary N) is 2. The summed E-state index contributed by atoms with van der Waals surface area (Å²) >= 11 is 0. The van der Waals surface area contributed by atoms with Crippen LogP contribution in [0.1, 0.15) is 26.3 Å². The van der Waals surface area contributed by atoms with Crippen LogP contribution in [-0.2, 0) is 11.3 Å². The van der Waals surface area contributed by atoms with Gasteiger partial charge in [-0.05, 0) is 40.0 Å². The van der Waals surface area contributed by atoms with Gasteiger partial charge in [0.05, 0.1) is 16.6 Å². The fourth-order valence-electron chi connectivity index (χ4n) is 2.23. The van der Waals surface area contributed by atoms with Gasteiger partial charge >= 0.3 is 6.09 Å². The molecule has 2 aromatic rings. The van der Waals surface area contributed by atoms with Gasteiger partial charge in [-0.1, -0.05) is 0 Å². The van der Waals surface area contributed by atoms with Gasteiger partial charge in [-0.25, -0.2) is 14.2 Å². The van der Waals surface area contributed by atoms with E-state index in [1.807, 2.05) is 0 Å². The van der Waals surface area contributed by atoms with Crippen LogP contribution in [0.15, 0.2) is 30.5 Å². The molecule has 1 aromatic carbocycles. The van der Waals surface area contributed by atoms with Crippen molar-refractivity contribution in [3.63, 3.8) is 0 Å². The molecular formula is C18H21FN4O5. The van der Waals surface area contributed by atoms with Gasteiger partial charge in [-0.2, -0.15) is 0 Å². The lowest BCUT2D eigenvalue weighted by molar-refractivity contribution is -0.385. The largest absolute Gasteiger partial charge is 0.454 e. The Hall–Kier alpha value is -3.27. The first-order valence-corrected chi connectivity index (χ1v) is 8.35. The Labute approximate surface area is 161 Å². The molecule has 0 fully saturated rings. The zero-order valence-electron chi connectivity index (χ0n) is 15.9. The number of nitro groups is 1. The Bertz CT molecular complexity index is 883. The number of halogens is 1. The third-order valence-corrected chi connectivity index (χ3v) is 3.33. The van der Waals surface area contributed by atoms with Crippen LogP contribution in [0.25, 0.3) is 0 Å². The van der Waals surface area contributed by atoms with Crippen molar-refractivity contribution in [1.29, 1.82) is 0 Å². The summed E-state index contributed by atoms with van der Waals surface area (Å²) in [6.45, 7) is 5.44. The van der Waals surface area contributed by atoms with Crippen molar-refractivity contribution in [2.45, 2.75) is 32.9 Å². The summed E-state index contributed by atoms with van der Waals surface area (Å²) in [5, 5.41) is 16.2. The maximum Gasteiger partial charge on any atom is 0.413 e. The average molecular weight is 392 g/mol. The molecule has 0 atom stereocenters. The molecule has 1 heterocycles. The molecule has 150 valence electrons. The number of nitro benzene ring substituents is 1. The van der Waals surface area contributed by atoms with Crippen molar-refractivity contribution in [2.24, 2.45) is 0 Å². The Morgan fingerprint density at radius 2 is 2.00 bits per heavy atom. The maximum atomic E-state index is 14.2. The summed E-state index contributed by atoms with van der Waals surface area (Å²) in [7, 11) is 1.68. The number of anilines is 1. The Morgan fingerprint density at radius 1 is 1.29 bits per heavy atom. The van der Waals surface area contributed by atoms with E-state index in [0.717, 1.165) is 18.2 Å². The molecule has 2 N–H and O–H groups in total. The van der Waals surface area contributed by atoms with Crippen LogP contribution in [0.4, 0.5) is 20.7 Å². The van der Waals surface area contributed by atoms with Gasteiger partial charge in [0.2, 0.25) is 0 Å². The first-order chi connectivity index (χ1) is 13.1. The molecule has 0 bridgehead atoms. The quantitative estimate of drug-likeness (QED) is 0.564. The first kappa shape index (κ1) is 21.0. The van der Waals surface area contributed by atoms with E-state index in [0.29, 0.717) is 5.56 Å². The second-order valence-corrected chi connectivity index (χ2v) is 6.77. The zero-order chi connectivity index (χ0) is 20.9. The summed E-state index contributed by atoms with van der Waals surface area (Å²) in [4.78, 5) is 26.2. The molecule has 9 nitrogen and oxygen atoms in total.